The normalized spacial score (nSPS) is 10.2. The molecule has 59 heavy (non-hydrogen) atoms. The summed E-state index contributed by atoms with van der Waals surface area (Å²) in [6, 6.07) is 97.0. The van der Waals surface area contributed by atoms with E-state index in [1.165, 1.54) is 47.7 Å². The molecule has 0 amide bonds. The van der Waals surface area contributed by atoms with Gasteiger partial charge >= 0.3 is 0 Å². The first-order valence-corrected chi connectivity index (χ1v) is 23.2. The van der Waals surface area contributed by atoms with Crippen molar-refractivity contribution in [3.8, 4) is 0 Å². The number of rotatable bonds is 9. The zero-order valence-electron chi connectivity index (χ0n) is 32.5. The number of hydrogen-bond donors (Lipinski definition) is 0. The van der Waals surface area contributed by atoms with E-state index >= 15 is 0 Å². The molecule has 0 saturated heterocycles. The SMILES string of the molecule is [Cl-].[Co].c1ccc(P(c2ccccc2)c2ccccc2)cc1.c1ccc(P(c2ccccc2)c2ccccc2)cc1.c1ccc(P(c2ccccc2)c2ccccc2)cc1. The summed E-state index contributed by atoms with van der Waals surface area (Å²) in [7, 11) is -1.34. The van der Waals surface area contributed by atoms with Crippen LogP contribution in [0.4, 0.5) is 0 Å². The molecule has 0 saturated carbocycles. The van der Waals surface area contributed by atoms with Crippen LogP contribution >= 0.6 is 23.8 Å². The van der Waals surface area contributed by atoms with Crippen LogP contribution in [0.5, 0.6) is 0 Å². The summed E-state index contributed by atoms with van der Waals surface area (Å²) in [5, 5.41) is 12.6. The first kappa shape index (κ1) is 45.2. The van der Waals surface area contributed by atoms with Crippen LogP contribution < -0.4 is 60.1 Å². The fraction of sp³-hybridized carbons (Fsp3) is 0. The second-order valence-electron chi connectivity index (χ2n) is 13.0. The molecule has 0 aliphatic rings. The molecule has 5 heteroatoms. The zero-order valence-corrected chi connectivity index (χ0v) is 37.0. The monoisotopic (exact) mass is 880 g/mol. The van der Waals surface area contributed by atoms with Crippen molar-refractivity contribution in [1.29, 1.82) is 0 Å². The van der Waals surface area contributed by atoms with E-state index in [0.29, 0.717) is 0 Å². The molecular formula is C54H45ClCoP3-. The van der Waals surface area contributed by atoms with Gasteiger partial charge in [-0.25, -0.2) is 0 Å². The van der Waals surface area contributed by atoms with Crippen molar-refractivity contribution >= 4 is 71.5 Å². The molecule has 293 valence electrons. The van der Waals surface area contributed by atoms with E-state index in [-0.39, 0.29) is 29.2 Å². The molecule has 0 spiro atoms. The van der Waals surface area contributed by atoms with Gasteiger partial charge in [0.15, 0.2) is 0 Å². The Balaban J connectivity index is 0.000000165. The van der Waals surface area contributed by atoms with E-state index in [9.17, 15) is 0 Å². The van der Waals surface area contributed by atoms with Crippen molar-refractivity contribution in [3.63, 3.8) is 0 Å². The molecule has 0 aliphatic heterocycles. The summed E-state index contributed by atoms with van der Waals surface area (Å²) in [5.74, 6) is 0. The van der Waals surface area contributed by atoms with E-state index in [2.05, 4.69) is 273 Å². The predicted molar refractivity (Wildman–Crippen MR) is 255 cm³/mol. The number of hydrogen-bond acceptors (Lipinski definition) is 0. The Hall–Kier alpha value is -4.93. The van der Waals surface area contributed by atoms with Crippen molar-refractivity contribution in [2.45, 2.75) is 0 Å². The Morgan fingerprint density at radius 1 is 0.153 bits per heavy atom. The molecule has 0 N–H and O–H groups in total. The van der Waals surface area contributed by atoms with Gasteiger partial charge in [0.2, 0.25) is 0 Å². The molecule has 9 aromatic rings. The maximum atomic E-state index is 2.23. The predicted octanol–water partition coefficient (Wildman–Crippen LogP) is 7.34. The summed E-state index contributed by atoms with van der Waals surface area (Å²) in [6.07, 6.45) is 0. The van der Waals surface area contributed by atoms with Crippen molar-refractivity contribution < 1.29 is 29.2 Å². The van der Waals surface area contributed by atoms with Crippen LogP contribution in [0.1, 0.15) is 0 Å². The molecule has 0 bridgehead atoms. The van der Waals surface area contributed by atoms with Crippen LogP contribution in [0.25, 0.3) is 0 Å². The largest absolute Gasteiger partial charge is 1.00 e. The molecule has 1 radical (unpaired) electrons. The van der Waals surface area contributed by atoms with Crippen molar-refractivity contribution in [2.24, 2.45) is 0 Å². The molecule has 0 atom stereocenters. The Morgan fingerprint density at radius 2 is 0.237 bits per heavy atom. The van der Waals surface area contributed by atoms with Crippen molar-refractivity contribution in [3.05, 3.63) is 273 Å². The topological polar surface area (TPSA) is 0 Å². The van der Waals surface area contributed by atoms with Crippen LogP contribution in [0.2, 0.25) is 0 Å². The van der Waals surface area contributed by atoms with E-state index in [1.54, 1.807) is 0 Å². The standard InChI is InChI=1S/3C18H15P.ClH.Co/c3*1-4-10-16(11-5-1)19(17-12-6-2-7-13-17)18-14-8-3-9-15-18;;/h3*1-15H;1H;/p-1. The quantitative estimate of drug-likeness (QED) is 0.133. The smallest absolute Gasteiger partial charge is 0 e. The summed E-state index contributed by atoms with van der Waals surface area (Å²) < 4.78 is 0. The van der Waals surface area contributed by atoms with Crippen LogP contribution in [0, 0.1) is 0 Å². The molecule has 0 aliphatic carbocycles. The molecular weight excluding hydrogens is 836 g/mol. The molecule has 0 unspecified atom stereocenters. The summed E-state index contributed by atoms with van der Waals surface area (Å²) in [5.41, 5.74) is 0. The minimum Gasteiger partial charge on any atom is -1.00 e. The van der Waals surface area contributed by atoms with E-state index in [1.807, 2.05) is 0 Å². The maximum Gasteiger partial charge on any atom is 0 e. The second-order valence-corrected chi connectivity index (χ2v) is 19.7. The third kappa shape index (κ3) is 13.0. The van der Waals surface area contributed by atoms with Crippen LogP contribution in [-0.2, 0) is 16.8 Å². The van der Waals surface area contributed by atoms with Gasteiger partial charge in [0.1, 0.15) is 0 Å². The van der Waals surface area contributed by atoms with Gasteiger partial charge in [-0.2, -0.15) is 0 Å². The fourth-order valence-corrected chi connectivity index (χ4v) is 13.5. The Morgan fingerprint density at radius 3 is 0.322 bits per heavy atom. The molecule has 0 nitrogen and oxygen atoms in total. The van der Waals surface area contributed by atoms with Crippen LogP contribution in [0.15, 0.2) is 273 Å². The van der Waals surface area contributed by atoms with Crippen LogP contribution in [-0.4, -0.2) is 0 Å². The van der Waals surface area contributed by atoms with Crippen LogP contribution in [0.3, 0.4) is 0 Å². The minimum atomic E-state index is -0.446. The Kier molecular flexibility index (Phi) is 19.0. The van der Waals surface area contributed by atoms with Gasteiger partial charge in [-0.1, -0.05) is 273 Å². The van der Waals surface area contributed by atoms with Gasteiger partial charge in [0, 0.05) is 16.8 Å². The van der Waals surface area contributed by atoms with Crippen molar-refractivity contribution in [2.75, 3.05) is 0 Å². The molecule has 0 fully saturated rings. The molecule has 9 aromatic carbocycles. The summed E-state index contributed by atoms with van der Waals surface area (Å²) in [6.45, 7) is 0. The number of benzene rings is 9. The van der Waals surface area contributed by atoms with E-state index < -0.39 is 23.8 Å². The first-order valence-electron chi connectivity index (χ1n) is 19.2. The maximum absolute atomic E-state index is 2.23. The zero-order chi connectivity index (χ0) is 38.7. The van der Waals surface area contributed by atoms with Gasteiger partial charge in [-0.05, 0) is 71.5 Å². The average Bonchev–Trinajstić information content (AvgIpc) is 3.30. The van der Waals surface area contributed by atoms with Gasteiger partial charge < -0.3 is 12.4 Å². The summed E-state index contributed by atoms with van der Waals surface area (Å²) >= 11 is 0. The first-order chi connectivity index (χ1) is 28.3. The van der Waals surface area contributed by atoms with Gasteiger partial charge in [0.25, 0.3) is 0 Å². The molecule has 0 heterocycles. The summed E-state index contributed by atoms with van der Waals surface area (Å²) in [4.78, 5) is 0. The molecule has 0 aromatic heterocycles. The average molecular weight is 881 g/mol. The van der Waals surface area contributed by atoms with E-state index in [4.69, 9.17) is 0 Å². The Labute approximate surface area is 371 Å². The third-order valence-corrected chi connectivity index (χ3v) is 16.5. The van der Waals surface area contributed by atoms with Gasteiger partial charge in [-0.15, -0.1) is 0 Å². The fourth-order valence-electron chi connectivity index (χ4n) is 6.54. The third-order valence-electron chi connectivity index (χ3n) is 9.13. The second kappa shape index (κ2) is 24.9. The minimum absolute atomic E-state index is 0. The van der Waals surface area contributed by atoms with Crippen molar-refractivity contribution in [1.82, 2.24) is 0 Å². The Bertz CT molecular complexity index is 1870. The molecule has 9 rings (SSSR count). The van der Waals surface area contributed by atoms with Gasteiger partial charge in [0.05, 0.1) is 0 Å². The number of halogens is 1. The van der Waals surface area contributed by atoms with Gasteiger partial charge in [-0.3, -0.25) is 0 Å². The van der Waals surface area contributed by atoms with E-state index in [0.717, 1.165) is 0 Å².